The van der Waals surface area contributed by atoms with E-state index >= 15 is 0 Å². The lowest BCUT2D eigenvalue weighted by Crippen LogP contribution is -2.46. The van der Waals surface area contributed by atoms with Crippen LogP contribution >= 0.6 is 0 Å². The van der Waals surface area contributed by atoms with Crippen molar-refractivity contribution in [1.82, 2.24) is 15.1 Å². The van der Waals surface area contributed by atoms with Gasteiger partial charge in [0.15, 0.2) is 0 Å². The van der Waals surface area contributed by atoms with Gasteiger partial charge in [0, 0.05) is 39.1 Å². The number of amides is 2. The van der Waals surface area contributed by atoms with E-state index in [9.17, 15) is 9.59 Å². The van der Waals surface area contributed by atoms with Crippen LogP contribution in [0, 0.1) is 0 Å². The molecule has 0 saturated carbocycles. The summed E-state index contributed by atoms with van der Waals surface area (Å²) in [7, 11) is 1.63. The normalized spacial score (nSPS) is 16.8. The van der Waals surface area contributed by atoms with Crippen molar-refractivity contribution in [2.75, 3.05) is 33.3 Å². The minimum Gasteiger partial charge on any atom is -0.497 e. The maximum Gasteiger partial charge on any atom is 0.237 e. The van der Waals surface area contributed by atoms with Crippen molar-refractivity contribution in [2.45, 2.75) is 39.3 Å². The van der Waals surface area contributed by atoms with Crippen LogP contribution in [0.5, 0.6) is 5.75 Å². The van der Waals surface area contributed by atoms with E-state index in [0.29, 0.717) is 19.5 Å². The molecule has 1 heterocycles. The van der Waals surface area contributed by atoms with Crippen LogP contribution in [0.2, 0.25) is 0 Å². The highest BCUT2D eigenvalue weighted by molar-refractivity contribution is 5.81. The monoisotopic (exact) mass is 347 g/mol. The van der Waals surface area contributed by atoms with E-state index in [1.807, 2.05) is 43.0 Å². The number of rotatable bonds is 6. The Bertz CT molecular complexity index is 591. The summed E-state index contributed by atoms with van der Waals surface area (Å²) in [6.45, 7) is 7.34. The Morgan fingerprint density at radius 3 is 2.76 bits per heavy atom. The van der Waals surface area contributed by atoms with E-state index < -0.39 is 0 Å². The quantitative estimate of drug-likeness (QED) is 0.850. The Labute approximate surface area is 150 Å². The molecule has 2 rings (SSSR count). The molecule has 0 aliphatic carbocycles. The number of methoxy groups -OCH3 is 1. The summed E-state index contributed by atoms with van der Waals surface area (Å²) in [4.78, 5) is 28.4. The Morgan fingerprint density at radius 1 is 1.24 bits per heavy atom. The first-order chi connectivity index (χ1) is 12.0. The second kappa shape index (κ2) is 9.42. The number of hydrogen-bond donors (Lipinski definition) is 1. The van der Waals surface area contributed by atoms with Crippen LogP contribution < -0.4 is 10.1 Å². The first-order valence-electron chi connectivity index (χ1n) is 8.97. The maximum absolute atomic E-state index is 12.5. The first-order valence-corrected chi connectivity index (χ1v) is 8.97. The fourth-order valence-corrected chi connectivity index (χ4v) is 3.08. The van der Waals surface area contributed by atoms with Crippen molar-refractivity contribution in [2.24, 2.45) is 0 Å². The predicted octanol–water partition coefficient (Wildman–Crippen LogP) is 1.64. The summed E-state index contributed by atoms with van der Waals surface area (Å²) in [5, 5.41) is 3.00. The molecule has 1 N–H and O–H groups in total. The van der Waals surface area contributed by atoms with Crippen molar-refractivity contribution < 1.29 is 14.3 Å². The third kappa shape index (κ3) is 5.46. The van der Waals surface area contributed by atoms with Gasteiger partial charge in [-0.15, -0.1) is 0 Å². The van der Waals surface area contributed by atoms with Crippen molar-refractivity contribution in [1.29, 1.82) is 0 Å². The summed E-state index contributed by atoms with van der Waals surface area (Å²) in [5.74, 6) is 0.989. The summed E-state index contributed by atoms with van der Waals surface area (Å²) < 4.78 is 5.20. The molecule has 1 aliphatic heterocycles. The predicted molar refractivity (Wildman–Crippen MR) is 97.4 cm³/mol. The van der Waals surface area contributed by atoms with Gasteiger partial charge < -0.3 is 15.0 Å². The lowest BCUT2D eigenvalue weighted by molar-refractivity contribution is -0.130. The Hall–Kier alpha value is -2.08. The van der Waals surface area contributed by atoms with Gasteiger partial charge in [-0.2, -0.15) is 0 Å². The fourth-order valence-electron chi connectivity index (χ4n) is 3.08. The molecule has 1 aromatic carbocycles. The zero-order valence-electron chi connectivity index (χ0n) is 15.5. The molecule has 1 aliphatic rings. The van der Waals surface area contributed by atoms with Gasteiger partial charge in [-0.3, -0.25) is 14.5 Å². The molecule has 138 valence electrons. The van der Waals surface area contributed by atoms with Gasteiger partial charge in [-0.25, -0.2) is 0 Å². The molecule has 0 bridgehead atoms. The van der Waals surface area contributed by atoms with Gasteiger partial charge in [0.1, 0.15) is 5.75 Å². The molecule has 0 radical (unpaired) electrons. The van der Waals surface area contributed by atoms with Gasteiger partial charge in [0.05, 0.1) is 13.2 Å². The number of ether oxygens (including phenoxy) is 1. The summed E-state index contributed by atoms with van der Waals surface area (Å²) in [5.41, 5.74) is 1.01. The molecule has 1 atom stereocenters. The molecule has 1 aromatic rings. The number of nitrogens with zero attached hydrogens (tertiary/aromatic N) is 2. The summed E-state index contributed by atoms with van der Waals surface area (Å²) in [6, 6.07) is 7.48. The molecule has 6 heteroatoms. The molecular formula is C19H29N3O3. The summed E-state index contributed by atoms with van der Waals surface area (Å²) >= 11 is 0. The highest BCUT2D eigenvalue weighted by Gasteiger charge is 2.25. The van der Waals surface area contributed by atoms with Gasteiger partial charge >= 0.3 is 0 Å². The van der Waals surface area contributed by atoms with Gasteiger partial charge in [0.2, 0.25) is 11.8 Å². The van der Waals surface area contributed by atoms with Crippen LogP contribution in [0.15, 0.2) is 24.3 Å². The third-order valence-corrected chi connectivity index (χ3v) is 4.71. The molecular weight excluding hydrogens is 318 g/mol. The average Bonchev–Trinajstić information content (AvgIpc) is 2.91. The van der Waals surface area contributed by atoms with Crippen LogP contribution in [0.1, 0.15) is 32.3 Å². The Morgan fingerprint density at radius 2 is 2.04 bits per heavy atom. The van der Waals surface area contributed by atoms with Crippen LogP contribution in [-0.2, 0) is 16.1 Å². The molecule has 0 unspecified atom stereocenters. The van der Waals surface area contributed by atoms with Crippen molar-refractivity contribution in [3.05, 3.63) is 29.8 Å². The smallest absolute Gasteiger partial charge is 0.237 e. The van der Waals surface area contributed by atoms with Crippen molar-refractivity contribution in [3.8, 4) is 5.75 Å². The number of carbonyl (C=O) groups is 2. The van der Waals surface area contributed by atoms with Gasteiger partial charge in [-0.1, -0.05) is 19.1 Å². The van der Waals surface area contributed by atoms with Crippen LogP contribution in [0.4, 0.5) is 0 Å². The zero-order chi connectivity index (χ0) is 18.2. The van der Waals surface area contributed by atoms with Crippen LogP contribution in [-0.4, -0.2) is 60.9 Å². The second-order valence-corrected chi connectivity index (χ2v) is 6.37. The van der Waals surface area contributed by atoms with E-state index in [0.717, 1.165) is 37.4 Å². The third-order valence-electron chi connectivity index (χ3n) is 4.71. The van der Waals surface area contributed by atoms with Crippen LogP contribution in [0.25, 0.3) is 0 Å². The van der Waals surface area contributed by atoms with E-state index in [4.69, 9.17) is 4.74 Å². The molecule has 0 spiro atoms. The maximum atomic E-state index is 12.5. The van der Waals surface area contributed by atoms with Gasteiger partial charge in [0.25, 0.3) is 0 Å². The highest BCUT2D eigenvalue weighted by Crippen LogP contribution is 2.13. The molecule has 2 amide bonds. The lowest BCUT2D eigenvalue weighted by Gasteiger charge is -2.27. The molecule has 0 aromatic heterocycles. The van der Waals surface area contributed by atoms with Crippen molar-refractivity contribution >= 4 is 11.8 Å². The Balaban J connectivity index is 1.85. The van der Waals surface area contributed by atoms with Crippen LogP contribution in [0.3, 0.4) is 0 Å². The first kappa shape index (κ1) is 19.2. The minimum atomic E-state index is -0.206. The van der Waals surface area contributed by atoms with E-state index in [1.54, 1.807) is 7.11 Å². The molecule has 6 nitrogen and oxygen atoms in total. The molecule has 25 heavy (non-hydrogen) atoms. The topological polar surface area (TPSA) is 61.9 Å². The van der Waals surface area contributed by atoms with E-state index in [2.05, 4.69) is 10.2 Å². The second-order valence-electron chi connectivity index (χ2n) is 6.37. The number of benzene rings is 1. The summed E-state index contributed by atoms with van der Waals surface area (Å²) in [6.07, 6.45) is 1.44. The Kier molecular flexibility index (Phi) is 7.25. The standard InChI is InChI=1S/C19H29N3O3/c1-4-18(23)22-10-6-9-21(11-12-22)15(2)19(24)20-14-16-7-5-8-17(13-16)25-3/h5,7-8,13,15H,4,6,9-12,14H2,1-3H3,(H,20,24)/t15-/m0/s1. The average molecular weight is 347 g/mol. The molecule has 1 fully saturated rings. The van der Waals surface area contributed by atoms with Gasteiger partial charge in [-0.05, 0) is 31.0 Å². The lowest BCUT2D eigenvalue weighted by atomic mass is 10.2. The number of carbonyl (C=O) groups excluding carboxylic acids is 2. The van der Waals surface area contributed by atoms with E-state index in [1.165, 1.54) is 0 Å². The van der Waals surface area contributed by atoms with Crippen molar-refractivity contribution in [3.63, 3.8) is 0 Å². The fraction of sp³-hybridized carbons (Fsp3) is 0.579. The number of hydrogen-bond acceptors (Lipinski definition) is 4. The minimum absolute atomic E-state index is 0.0121. The SMILES string of the molecule is CCC(=O)N1CCCN([C@@H](C)C(=O)NCc2cccc(OC)c2)CC1. The zero-order valence-corrected chi connectivity index (χ0v) is 15.5. The largest absolute Gasteiger partial charge is 0.497 e. The van der Waals surface area contributed by atoms with E-state index in [-0.39, 0.29) is 17.9 Å². The number of nitrogens with one attached hydrogen (secondary N) is 1. The highest BCUT2D eigenvalue weighted by atomic mass is 16.5. The molecule has 1 saturated heterocycles.